The average Bonchev–Trinajstić information content (AvgIpc) is 3.50. The number of nitrogens with zero attached hydrogens (tertiary/aromatic N) is 5. The van der Waals surface area contributed by atoms with Gasteiger partial charge in [0.15, 0.2) is 11.5 Å². The van der Waals surface area contributed by atoms with Crippen LogP contribution in [-0.4, -0.2) is 40.0 Å². The molecular formula is C27H35N5OS. The van der Waals surface area contributed by atoms with E-state index in [1.807, 2.05) is 30.4 Å². The molecule has 0 N–H and O–H groups in total. The van der Waals surface area contributed by atoms with Crippen molar-refractivity contribution in [2.45, 2.75) is 59.8 Å². The molecule has 180 valence electrons. The van der Waals surface area contributed by atoms with Gasteiger partial charge < -0.3 is 9.64 Å². The van der Waals surface area contributed by atoms with E-state index in [-0.39, 0.29) is 5.41 Å². The van der Waals surface area contributed by atoms with Crippen LogP contribution in [0.4, 0.5) is 5.00 Å². The lowest BCUT2D eigenvalue weighted by molar-refractivity contribution is 0.416. The van der Waals surface area contributed by atoms with Gasteiger partial charge in [0.05, 0.1) is 23.4 Å². The highest BCUT2D eigenvalue weighted by Gasteiger charge is 2.24. The third-order valence-electron chi connectivity index (χ3n) is 5.96. The number of anilines is 1. The van der Waals surface area contributed by atoms with Crippen LogP contribution in [0.5, 0.6) is 5.75 Å². The summed E-state index contributed by atoms with van der Waals surface area (Å²) in [7, 11) is 1.68. The van der Waals surface area contributed by atoms with Crippen LogP contribution < -0.4 is 14.9 Å². The van der Waals surface area contributed by atoms with Crippen molar-refractivity contribution in [2.24, 2.45) is 0 Å². The zero-order valence-electron chi connectivity index (χ0n) is 21.3. The van der Waals surface area contributed by atoms with E-state index >= 15 is 0 Å². The molecule has 7 heteroatoms. The number of rotatable bonds is 8. The molecule has 6 nitrogen and oxygen atoms in total. The Kier molecular flexibility index (Phi) is 6.94. The van der Waals surface area contributed by atoms with Crippen LogP contribution in [0.1, 0.15) is 63.6 Å². The molecule has 0 radical (unpaired) electrons. The fraction of sp³-hybridized carbons (Fsp3) is 0.444. The monoisotopic (exact) mass is 477 g/mol. The predicted octanol–water partition coefficient (Wildman–Crippen LogP) is 5.64. The lowest BCUT2D eigenvalue weighted by Crippen LogP contribution is -2.22. The van der Waals surface area contributed by atoms with Crippen LogP contribution in [0.3, 0.4) is 0 Å². The number of aryl methyl sites for hydroxylation is 1. The summed E-state index contributed by atoms with van der Waals surface area (Å²) in [4.78, 5) is 8.57. The molecule has 1 aromatic carbocycles. The second kappa shape index (κ2) is 9.74. The van der Waals surface area contributed by atoms with Crippen LogP contribution in [0.15, 0.2) is 30.3 Å². The summed E-state index contributed by atoms with van der Waals surface area (Å²) >= 11 is 1.82. The van der Waals surface area contributed by atoms with Crippen LogP contribution in [0.25, 0.3) is 23.1 Å². The minimum absolute atomic E-state index is 0.132. The first-order chi connectivity index (χ1) is 16.2. The molecule has 0 atom stereocenters. The van der Waals surface area contributed by atoms with Gasteiger partial charge in [0.25, 0.3) is 0 Å². The van der Waals surface area contributed by atoms with Crippen LogP contribution in [0.2, 0.25) is 0 Å². The summed E-state index contributed by atoms with van der Waals surface area (Å²) in [6.45, 7) is 15.2. The van der Waals surface area contributed by atoms with Gasteiger partial charge in [-0.25, -0.2) is 4.98 Å². The molecule has 0 aliphatic carbocycles. The molecular weight excluding hydrogens is 442 g/mol. The van der Waals surface area contributed by atoms with Gasteiger partial charge in [-0.1, -0.05) is 40.2 Å². The Morgan fingerprint density at radius 1 is 1.12 bits per heavy atom. The van der Waals surface area contributed by atoms with Crippen molar-refractivity contribution in [3.63, 3.8) is 0 Å². The SMILES string of the molecule is CCCCN(CC)c1ccc(/C=c2/c(C(C)(C)C)nn3nc(-c4ccc(C)cc4OC)nc23)s1. The van der Waals surface area contributed by atoms with E-state index in [0.717, 1.165) is 46.5 Å². The van der Waals surface area contributed by atoms with Gasteiger partial charge in [0.2, 0.25) is 0 Å². The predicted molar refractivity (Wildman–Crippen MR) is 142 cm³/mol. The molecule has 3 heterocycles. The van der Waals surface area contributed by atoms with E-state index < -0.39 is 0 Å². The zero-order chi connectivity index (χ0) is 24.5. The van der Waals surface area contributed by atoms with Crippen molar-refractivity contribution in [3.8, 4) is 17.1 Å². The van der Waals surface area contributed by atoms with Crippen LogP contribution in [-0.2, 0) is 5.41 Å². The lowest BCUT2D eigenvalue weighted by Gasteiger charge is -2.20. The highest BCUT2D eigenvalue weighted by atomic mass is 32.1. The molecule has 0 aliphatic rings. The molecule has 34 heavy (non-hydrogen) atoms. The van der Waals surface area contributed by atoms with Crippen LogP contribution in [0, 0.1) is 6.92 Å². The highest BCUT2D eigenvalue weighted by Crippen LogP contribution is 2.30. The number of aromatic nitrogens is 4. The summed E-state index contributed by atoms with van der Waals surface area (Å²) in [6, 6.07) is 10.5. The Morgan fingerprint density at radius 3 is 2.59 bits per heavy atom. The van der Waals surface area contributed by atoms with Crippen molar-refractivity contribution in [3.05, 3.63) is 51.7 Å². The van der Waals surface area contributed by atoms with Crippen molar-refractivity contribution in [1.82, 2.24) is 19.8 Å². The van der Waals surface area contributed by atoms with Gasteiger partial charge in [-0.05, 0) is 56.2 Å². The third kappa shape index (κ3) is 4.80. The molecule has 3 aromatic heterocycles. The van der Waals surface area contributed by atoms with E-state index in [4.69, 9.17) is 19.9 Å². The second-order valence-electron chi connectivity index (χ2n) is 9.72. The molecule has 0 saturated carbocycles. The summed E-state index contributed by atoms with van der Waals surface area (Å²) < 4.78 is 7.28. The standard InChI is InChI=1S/C27H35N5OS/c1-8-10-15-31(9-2)23-14-12-19(34-23)17-21-24(27(4,5)6)29-32-26(21)28-25(30-32)20-13-11-18(3)16-22(20)33-7/h11-14,16-17H,8-10,15H2,1-7H3/b21-17-. The summed E-state index contributed by atoms with van der Waals surface area (Å²) in [6.07, 6.45) is 4.63. The third-order valence-corrected chi connectivity index (χ3v) is 7.06. The Hall–Kier alpha value is -2.93. The summed E-state index contributed by atoms with van der Waals surface area (Å²) in [5.74, 6) is 1.39. The molecule has 0 unspecified atom stereocenters. The van der Waals surface area contributed by atoms with E-state index in [0.29, 0.717) is 5.82 Å². The first kappa shape index (κ1) is 24.2. The molecule has 0 aliphatic heterocycles. The fourth-order valence-electron chi connectivity index (χ4n) is 4.09. The molecule has 0 amide bonds. The Balaban J connectivity index is 1.82. The van der Waals surface area contributed by atoms with E-state index in [9.17, 15) is 0 Å². The van der Waals surface area contributed by atoms with Crippen molar-refractivity contribution in [1.29, 1.82) is 0 Å². The first-order valence-corrected chi connectivity index (χ1v) is 12.9. The number of thiophene rings is 1. The normalized spacial score (nSPS) is 12.6. The highest BCUT2D eigenvalue weighted by molar-refractivity contribution is 7.16. The lowest BCUT2D eigenvalue weighted by atomic mass is 9.91. The fourth-order valence-corrected chi connectivity index (χ4v) is 5.13. The quantitative estimate of drug-likeness (QED) is 0.329. The first-order valence-electron chi connectivity index (χ1n) is 12.0. The number of unbranched alkanes of at least 4 members (excludes halogenated alkanes) is 1. The number of benzene rings is 1. The minimum atomic E-state index is -0.132. The van der Waals surface area contributed by atoms with Gasteiger partial charge in [-0.3, -0.25) is 0 Å². The van der Waals surface area contributed by atoms with Crippen molar-refractivity contribution < 1.29 is 4.74 Å². The van der Waals surface area contributed by atoms with Gasteiger partial charge in [0.1, 0.15) is 5.75 Å². The Labute approximate surface area is 206 Å². The maximum absolute atomic E-state index is 5.60. The number of hydrogen-bond acceptors (Lipinski definition) is 6. The summed E-state index contributed by atoms with van der Waals surface area (Å²) in [5.41, 5.74) is 3.64. The maximum atomic E-state index is 5.60. The van der Waals surface area contributed by atoms with Crippen molar-refractivity contribution in [2.75, 3.05) is 25.1 Å². The number of fused-ring (bicyclic) bond motifs is 1. The van der Waals surface area contributed by atoms with Gasteiger partial charge >= 0.3 is 0 Å². The second-order valence-corrected chi connectivity index (χ2v) is 10.8. The molecule has 4 aromatic rings. The molecule has 0 spiro atoms. The van der Waals surface area contributed by atoms with Crippen LogP contribution >= 0.6 is 11.3 Å². The van der Waals surface area contributed by atoms with Crippen molar-refractivity contribution >= 4 is 28.1 Å². The van der Waals surface area contributed by atoms with Gasteiger partial charge in [-0.2, -0.15) is 5.10 Å². The molecule has 4 rings (SSSR count). The van der Waals surface area contributed by atoms with E-state index in [1.54, 1.807) is 11.7 Å². The minimum Gasteiger partial charge on any atom is -0.496 e. The van der Waals surface area contributed by atoms with E-state index in [1.165, 1.54) is 22.7 Å². The number of methoxy groups -OCH3 is 1. The molecule has 0 fully saturated rings. The largest absolute Gasteiger partial charge is 0.496 e. The number of ether oxygens (including phenoxy) is 1. The smallest absolute Gasteiger partial charge is 0.187 e. The topological polar surface area (TPSA) is 55.6 Å². The van der Waals surface area contributed by atoms with Gasteiger partial charge in [0, 0.05) is 28.6 Å². The molecule has 0 saturated heterocycles. The maximum Gasteiger partial charge on any atom is 0.187 e. The Morgan fingerprint density at radius 2 is 1.91 bits per heavy atom. The van der Waals surface area contributed by atoms with E-state index in [2.05, 4.69) is 63.8 Å². The molecule has 0 bridgehead atoms. The Bertz CT molecular complexity index is 1330. The summed E-state index contributed by atoms with van der Waals surface area (Å²) in [5, 5.41) is 11.9. The average molecular weight is 478 g/mol. The zero-order valence-corrected chi connectivity index (χ0v) is 22.2. The van der Waals surface area contributed by atoms with Gasteiger partial charge in [-0.15, -0.1) is 21.1 Å². The number of hydrogen-bond donors (Lipinski definition) is 0.